The number of carbonyl (C=O) groups is 2. The zero-order chi connectivity index (χ0) is 15.1. The predicted octanol–water partition coefficient (Wildman–Crippen LogP) is -0.272. The van der Waals surface area contributed by atoms with Gasteiger partial charge < -0.3 is 16.4 Å². The molecule has 0 aromatic carbocycles. The monoisotopic (exact) mass is 274 g/mol. The van der Waals surface area contributed by atoms with Crippen LogP contribution in [-0.2, 0) is 4.79 Å². The molecule has 6 nitrogen and oxygen atoms in total. The van der Waals surface area contributed by atoms with Crippen molar-refractivity contribution < 1.29 is 9.59 Å². The van der Waals surface area contributed by atoms with Gasteiger partial charge in [0.1, 0.15) is 0 Å². The van der Waals surface area contributed by atoms with Crippen LogP contribution in [0.4, 0.5) is 0 Å². The predicted molar refractivity (Wildman–Crippen MR) is 75.5 cm³/mol. The Hall–Kier alpha value is -2.39. The Balaban J connectivity index is 3.15. The summed E-state index contributed by atoms with van der Waals surface area (Å²) in [5, 5.41) is 0. The number of hydrogen-bond donors (Lipinski definition) is 2. The number of carbonyl (C=O) groups excluding carboxylic acids is 2. The van der Waals surface area contributed by atoms with E-state index in [2.05, 4.69) is 16.8 Å². The maximum absolute atomic E-state index is 12.5. The average molecular weight is 274 g/mol. The van der Waals surface area contributed by atoms with Gasteiger partial charge in [0.15, 0.2) is 0 Å². The Labute approximate surface area is 118 Å². The summed E-state index contributed by atoms with van der Waals surface area (Å²) in [5.74, 6) is 4.62. The largest absolute Gasteiger partial charge is 0.368 e. The van der Waals surface area contributed by atoms with Gasteiger partial charge in [-0.1, -0.05) is 11.8 Å². The molecule has 1 aromatic rings. The first kappa shape index (κ1) is 15.7. The quantitative estimate of drug-likeness (QED) is 0.737. The van der Waals surface area contributed by atoms with Crippen molar-refractivity contribution in [3.63, 3.8) is 0 Å². The van der Waals surface area contributed by atoms with Gasteiger partial charge in [-0.15, -0.1) is 0 Å². The SMILES string of the molecule is CC(C)N(CC(N)=O)C(=O)c1ccncc1C#CCN. The van der Waals surface area contributed by atoms with Crippen LogP contribution in [0.15, 0.2) is 18.5 Å². The van der Waals surface area contributed by atoms with E-state index in [0.29, 0.717) is 11.1 Å². The fraction of sp³-hybridized carbons (Fsp3) is 0.357. The second-order valence-electron chi connectivity index (χ2n) is 4.42. The topological polar surface area (TPSA) is 102 Å². The third-order valence-electron chi connectivity index (χ3n) is 2.59. The van der Waals surface area contributed by atoms with Gasteiger partial charge >= 0.3 is 0 Å². The van der Waals surface area contributed by atoms with Crippen LogP contribution in [0.25, 0.3) is 0 Å². The molecule has 0 radical (unpaired) electrons. The summed E-state index contributed by atoms with van der Waals surface area (Å²) in [4.78, 5) is 28.9. The molecule has 0 fully saturated rings. The van der Waals surface area contributed by atoms with Crippen molar-refractivity contribution in [2.45, 2.75) is 19.9 Å². The minimum atomic E-state index is -0.560. The first-order valence-corrected chi connectivity index (χ1v) is 6.19. The van der Waals surface area contributed by atoms with E-state index < -0.39 is 5.91 Å². The minimum absolute atomic E-state index is 0.136. The van der Waals surface area contributed by atoms with E-state index in [-0.39, 0.29) is 25.0 Å². The van der Waals surface area contributed by atoms with Crippen LogP contribution >= 0.6 is 0 Å². The molecule has 1 heterocycles. The highest BCUT2D eigenvalue weighted by Gasteiger charge is 2.22. The Bertz CT molecular complexity index is 558. The van der Waals surface area contributed by atoms with Crippen LogP contribution < -0.4 is 11.5 Å². The molecule has 2 amide bonds. The van der Waals surface area contributed by atoms with Crippen LogP contribution in [0, 0.1) is 11.8 Å². The molecule has 4 N–H and O–H groups in total. The van der Waals surface area contributed by atoms with E-state index in [1.807, 2.05) is 13.8 Å². The molecule has 0 saturated carbocycles. The number of amides is 2. The first-order chi connectivity index (χ1) is 9.47. The van der Waals surface area contributed by atoms with Gasteiger partial charge in [0.05, 0.1) is 24.2 Å². The molecular weight excluding hydrogens is 256 g/mol. The normalized spacial score (nSPS) is 9.80. The van der Waals surface area contributed by atoms with E-state index in [0.717, 1.165) is 0 Å². The Morgan fingerprint density at radius 1 is 1.45 bits per heavy atom. The summed E-state index contributed by atoms with van der Waals surface area (Å²) in [7, 11) is 0. The number of primary amides is 1. The number of aromatic nitrogens is 1. The summed E-state index contributed by atoms with van der Waals surface area (Å²) in [6.45, 7) is 3.68. The van der Waals surface area contributed by atoms with Gasteiger partial charge in [-0.2, -0.15) is 0 Å². The van der Waals surface area contributed by atoms with Crippen LogP contribution in [0.5, 0.6) is 0 Å². The fourth-order valence-corrected chi connectivity index (χ4v) is 1.64. The van der Waals surface area contributed by atoms with E-state index in [9.17, 15) is 9.59 Å². The zero-order valence-electron chi connectivity index (χ0n) is 11.6. The third kappa shape index (κ3) is 4.07. The minimum Gasteiger partial charge on any atom is -0.368 e. The van der Waals surface area contributed by atoms with Crippen molar-refractivity contribution >= 4 is 11.8 Å². The molecule has 106 valence electrons. The molecule has 0 aliphatic carbocycles. The summed E-state index contributed by atoms with van der Waals surface area (Å²) >= 11 is 0. The third-order valence-corrected chi connectivity index (χ3v) is 2.59. The van der Waals surface area contributed by atoms with E-state index >= 15 is 0 Å². The summed E-state index contributed by atoms with van der Waals surface area (Å²) in [6, 6.07) is 1.41. The molecule has 20 heavy (non-hydrogen) atoms. The van der Waals surface area contributed by atoms with Gasteiger partial charge in [-0.05, 0) is 19.9 Å². The van der Waals surface area contributed by atoms with Crippen molar-refractivity contribution in [2.75, 3.05) is 13.1 Å². The van der Waals surface area contributed by atoms with Gasteiger partial charge in [0.2, 0.25) is 5.91 Å². The molecule has 0 atom stereocenters. The first-order valence-electron chi connectivity index (χ1n) is 6.19. The van der Waals surface area contributed by atoms with Crippen molar-refractivity contribution in [1.82, 2.24) is 9.88 Å². The maximum Gasteiger partial charge on any atom is 0.255 e. The number of nitrogens with zero attached hydrogens (tertiary/aromatic N) is 2. The van der Waals surface area contributed by atoms with Gasteiger partial charge in [-0.25, -0.2) is 0 Å². The Morgan fingerprint density at radius 3 is 2.70 bits per heavy atom. The lowest BCUT2D eigenvalue weighted by Crippen LogP contribution is -2.43. The molecule has 6 heteroatoms. The molecule has 0 spiro atoms. The summed E-state index contributed by atoms with van der Waals surface area (Å²) in [5.41, 5.74) is 11.4. The standard InChI is InChI=1S/C14H18N4O2/c1-10(2)18(9-13(16)19)14(20)12-5-7-17-8-11(12)4-3-6-15/h5,7-8,10H,6,9,15H2,1-2H3,(H2,16,19). The maximum atomic E-state index is 12.5. The van der Waals surface area contributed by atoms with Gasteiger partial charge in [0, 0.05) is 18.4 Å². The van der Waals surface area contributed by atoms with Crippen molar-refractivity contribution in [3.8, 4) is 11.8 Å². The molecule has 0 aliphatic rings. The molecule has 0 bridgehead atoms. The highest BCUT2D eigenvalue weighted by atomic mass is 16.2. The number of nitrogens with two attached hydrogens (primary N) is 2. The molecule has 0 saturated heterocycles. The second-order valence-corrected chi connectivity index (χ2v) is 4.42. The summed E-state index contributed by atoms with van der Waals surface area (Å²) < 4.78 is 0. The number of pyridine rings is 1. The Morgan fingerprint density at radius 2 is 2.15 bits per heavy atom. The highest BCUT2D eigenvalue weighted by molar-refractivity contribution is 5.98. The average Bonchev–Trinajstić information content (AvgIpc) is 2.41. The molecule has 0 aliphatic heterocycles. The van der Waals surface area contributed by atoms with E-state index in [1.165, 1.54) is 17.3 Å². The van der Waals surface area contributed by atoms with Crippen molar-refractivity contribution in [2.24, 2.45) is 11.5 Å². The van der Waals surface area contributed by atoms with Crippen molar-refractivity contribution in [1.29, 1.82) is 0 Å². The summed E-state index contributed by atoms with van der Waals surface area (Å²) in [6.07, 6.45) is 3.00. The second kappa shape index (κ2) is 7.26. The lowest BCUT2D eigenvalue weighted by atomic mass is 10.1. The lowest BCUT2D eigenvalue weighted by Gasteiger charge is -2.25. The van der Waals surface area contributed by atoms with Crippen LogP contribution in [0.1, 0.15) is 29.8 Å². The molecule has 0 unspecified atom stereocenters. The van der Waals surface area contributed by atoms with Gasteiger partial charge in [-0.3, -0.25) is 14.6 Å². The van der Waals surface area contributed by atoms with Crippen LogP contribution in [0.3, 0.4) is 0 Å². The van der Waals surface area contributed by atoms with Crippen LogP contribution in [-0.4, -0.2) is 40.8 Å². The highest BCUT2D eigenvalue weighted by Crippen LogP contribution is 2.12. The van der Waals surface area contributed by atoms with Crippen molar-refractivity contribution in [3.05, 3.63) is 29.6 Å². The molecular formula is C14H18N4O2. The van der Waals surface area contributed by atoms with E-state index in [4.69, 9.17) is 11.5 Å². The number of hydrogen-bond acceptors (Lipinski definition) is 4. The number of rotatable bonds is 4. The zero-order valence-corrected chi connectivity index (χ0v) is 11.6. The Kier molecular flexibility index (Phi) is 5.69. The molecule has 1 rings (SSSR count). The van der Waals surface area contributed by atoms with Gasteiger partial charge in [0.25, 0.3) is 5.91 Å². The van der Waals surface area contributed by atoms with Crippen LogP contribution in [0.2, 0.25) is 0 Å². The van der Waals surface area contributed by atoms with E-state index in [1.54, 1.807) is 6.07 Å². The lowest BCUT2D eigenvalue weighted by molar-refractivity contribution is -0.119. The molecule has 1 aromatic heterocycles. The fourth-order valence-electron chi connectivity index (χ4n) is 1.64. The smallest absolute Gasteiger partial charge is 0.255 e.